The highest BCUT2D eigenvalue weighted by atomic mass is 19.4. The normalized spacial score (nSPS) is 21.0. The van der Waals surface area contributed by atoms with E-state index >= 15 is 0 Å². The summed E-state index contributed by atoms with van der Waals surface area (Å²) >= 11 is 0. The molecule has 1 aromatic rings. The van der Waals surface area contributed by atoms with Crippen molar-refractivity contribution >= 4 is 17.7 Å². The van der Waals surface area contributed by atoms with Crippen LogP contribution >= 0.6 is 0 Å². The summed E-state index contributed by atoms with van der Waals surface area (Å²) in [6, 6.07) is 4.02. The Morgan fingerprint density at radius 3 is 2.64 bits per heavy atom. The Morgan fingerprint density at radius 2 is 2.04 bits per heavy atom. The molecule has 0 aromatic heterocycles. The molecule has 1 aliphatic heterocycles. The number of hydrogen-bond acceptors (Lipinski definition) is 2. The van der Waals surface area contributed by atoms with Crippen molar-refractivity contribution in [1.82, 2.24) is 4.90 Å². The highest BCUT2D eigenvalue weighted by molar-refractivity contribution is 5.89. The third-order valence-corrected chi connectivity index (χ3v) is 4.58. The molecule has 0 aliphatic carbocycles. The number of hydrogen-bond donors (Lipinski definition) is 2. The van der Waals surface area contributed by atoms with Crippen LogP contribution in [0, 0.1) is 11.8 Å². The fraction of sp³-hybridized carbons (Fsp3) is 0.529. The standard InChI is InChI=1S/C17H21F3N2O3/c1-2-11-10-22(7-6-12(11)8-15(23)24)16(25)21-14-5-3-4-13(9-14)17(18,19)20/h3-5,9,11-12H,2,6-8,10H2,1H3,(H,21,25)(H,23,24)/t11-,12-/m0/s1. The summed E-state index contributed by atoms with van der Waals surface area (Å²) in [6.45, 7) is 2.73. The van der Waals surface area contributed by atoms with Gasteiger partial charge in [0.05, 0.1) is 5.56 Å². The Labute approximate surface area is 143 Å². The van der Waals surface area contributed by atoms with E-state index in [4.69, 9.17) is 5.11 Å². The zero-order valence-electron chi connectivity index (χ0n) is 13.8. The average molecular weight is 358 g/mol. The summed E-state index contributed by atoms with van der Waals surface area (Å²) in [5.74, 6) is -0.775. The minimum absolute atomic E-state index is 0.0140. The maximum Gasteiger partial charge on any atom is 0.416 e. The molecule has 138 valence electrons. The van der Waals surface area contributed by atoms with E-state index in [0.717, 1.165) is 18.6 Å². The molecule has 8 heteroatoms. The second-order valence-electron chi connectivity index (χ2n) is 6.27. The van der Waals surface area contributed by atoms with Crippen molar-refractivity contribution < 1.29 is 27.9 Å². The zero-order valence-corrected chi connectivity index (χ0v) is 13.8. The van der Waals surface area contributed by atoms with E-state index in [9.17, 15) is 22.8 Å². The number of carbonyl (C=O) groups is 2. The van der Waals surface area contributed by atoms with E-state index in [-0.39, 0.29) is 23.9 Å². The first kappa shape index (κ1) is 19.1. The molecular weight excluding hydrogens is 337 g/mol. The number of nitrogens with one attached hydrogen (secondary N) is 1. The van der Waals surface area contributed by atoms with Gasteiger partial charge in [-0.1, -0.05) is 19.4 Å². The lowest BCUT2D eigenvalue weighted by Crippen LogP contribution is -2.45. The topological polar surface area (TPSA) is 69.6 Å². The molecule has 0 spiro atoms. The van der Waals surface area contributed by atoms with E-state index in [2.05, 4.69) is 5.32 Å². The van der Waals surface area contributed by atoms with E-state index in [1.807, 2.05) is 6.92 Å². The number of nitrogens with zero attached hydrogens (tertiary/aromatic N) is 1. The lowest BCUT2D eigenvalue weighted by molar-refractivity contribution is -0.139. The number of urea groups is 1. The number of halogens is 3. The molecule has 1 aliphatic rings. The molecule has 1 fully saturated rings. The van der Waals surface area contributed by atoms with Gasteiger partial charge in [-0.15, -0.1) is 0 Å². The molecule has 2 amide bonds. The van der Waals surface area contributed by atoms with Gasteiger partial charge in [0.25, 0.3) is 0 Å². The summed E-state index contributed by atoms with van der Waals surface area (Å²) in [5.41, 5.74) is -0.738. The van der Waals surface area contributed by atoms with Crippen LogP contribution in [0.2, 0.25) is 0 Å². The maximum absolute atomic E-state index is 12.7. The van der Waals surface area contributed by atoms with Gasteiger partial charge in [-0.25, -0.2) is 4.79 Å². The fourth-order valence-corrected chi connectivity index (χ4v) is 3.20. The molecule has 25 heavy (non-hydrogen) atoms. The van der Waals surface area contributed by atoms with E-state index in [0.29, 0.717) is 19.5 Å². The maximum atomic E-state index is 12.7. The van der Waals surface area contributed by atoms with Gasteiger partial charge in [-0.2, -0.15) is 13.2 Å². The molecule has 1 aromatic carbocycles. The SMILES string of the molecule is CC[C@H]1CN(C(=O)Nc2cccc(C(F)(F)F)c2)CC[C@H]1CC(=O)O. The lowest BCUT2D eigenvalue weighted by atomic mass is 9.82. The minimum Gasteiger partial charge on any atom is -0.481 e. The first-order valence-corrected chi connectivity index (χ1v) is 8.15. The van der Waals surface area contributed by atoms with E-state index in [1.165, 1.54) is 17.0 Å². The monoisotopic (exact) mass is 358 g/mol. The average Bonchev–Trinajstić information content (AvgIpc) is 2.54. The number of carboxylic acid groups (broad SMARTS) is 1. The Hall–Kier alpha value is -2.25. The lowest BCUT2D eigenvalue weighted by Gasteiger charge is -2.37. The third kappa shape index (κ3) is 5.11. The number of benzene rings is 1. The van der Waals surface area contributed by atoms with Crippen molar-refractivity contribution in [2.24, 2.45) is 11.8 Å². The van der Waals surface area contributed by atoms with Crippen LogP contribution in [0.1, 0.15) is 31.7 Å². The van der Waals surface area contributed by atoms with Gasteiger partial charge in [-0.3, -0.25) is 4.79 Å². The second-order valence-corrected chi connectivity index (χ2v) is 6.27. The number of carbonyl (C=O) groups excluding carboxylic acids is 1. The van der Waals surface area contributed by atoms with Crippen molar-refractivity contribution in [3.8, 4) is 0 Å². The fourth-order valence-electron chi connectivity index (χ4n) is 3.20. The van der Waals surface area contributed by atoms with Crippen molar-refractivity contribution in [1.29, 1.82) is 0 Å². The van der Waals surface area contributed by atoms with Crippen LogP contribution in [-0.4, -0.2) is 35.1 Å². The van der Waals surface area contributed by atoms with Gasteiger partial charge in [0.2, 0.25) is 0 Å². The van der Waals surface area contributed by atoms with Crippen molar-refractivity contribution in [2.75, 3.05) is 18.4 Å². The first-order chi connectivity index (χ1) is 11.7. The molecule has 2 atom stereocenters. The van der Waals surface area contributed by atoms with Gasteiger partial charge in [0.1, 0.15) is 0 Å². The van der Waals surface area contributed by atoms with Crippen molar-refractivity contribution in [2.45, 2.75) is 32.4 Å². The summed E-state index contributed by atoms with van der Waals surface area (Å²) < 4.78 is 38.2. The van der Waals surface area contributed by atoms with Crippen molar-refractivity contribution in [3.63, 3.8) is 0 Å². The molecular formula is C17H21F3N2O3. The summed E-state index contributed by atoms with van der Waals surface area (Å²) in [7, 11) is 0. The highest BCUT2D eigenvalue weighted by Gasteiger charge is 2.33. The number of amides is 2. The molecule has 1 saturated heterocycles. The summed E-state index contributed by atoms with van der Waals surface area (Å²) in [6.07, 6.45) is -3.09. The molecule has 5 nitrogen and oxygen atoms in total. The highest BCUT2D eigenvalue weighted by Crippen LogP contribution is 2.31. The van der Waals surface area contributed by atoms with Crippen LogP contribution in [0.25, 0.3) is 0 Å². The van der Waals surface area contributed by atoms with Gasteiger partial charge in [0, 0.05) is 25.2 Å². The van der Waals surface area contributed by atoms with Crippen LogP contribution in [0.3, 0.4) is 0 Å². The van der Waals surface area contributed by atoms with Crippen LogP contribution < -0.4 is 5.32 Å². The van der Waals surface area contributed by atoms with Crippen LogP contribution in [0.15, 0.2) is 24.3 Å². The van der Waals surface area contributed by atoms with Crippen LogP contribution in [0.5, 0.6) is 0 Å². The molecule has 0 unspecified atom stereocenters. The van der Waals surface area contributed by atoms with Crippen LogP contribution in [0.4, 0.5) is 23.7 Å². The number of alkyl halides is 3. The van der Waals surface area contributed by atoms with Gasteiger partial charge in [0.15, 0.2) is 0 Å². The van der Waals surface area contributed by atoms with Crippen molar-refractivity contribution in [3.05, 3.63) is 29.8 Å². The number of anilines is 1. The van der Waals surface area contributed by atoms with Crippen LogP contribution in [-0.2, 0) is 11.0 Å². The molecule has 2 N–H and O–H groups in total. The predicted molar refractivity (Wildman–Crippen MR) is 86.2 cm³/mol. The van der Waals surface area contributed by atoms with Gasteiger partial charge in [-0.05, 0) is 36.5 Å². The largest absolute Gasteiger partial charge is 0.481 e. The van der Waals surface area contributed by atoms with E-state index < -0.39 is 23.7 Å². The Kier molecular flexibility index (Phi) is 5.92. The second kappa shape index (κ2) is 7.76. The Bertz CT molecular complexity index is 634. The number of piperidine rings is 1. The summed E-state index contributed by atoms with van der Waals surface area (Å²) in [4.78, 5) is 24.8. The summed E-state index contributed by atoms with van der Waals surface area (Å²) in [5, 5.41) is 11.5. The van der Waals surface area contributed by atoms with E-state index in [1.54, 1.807) is 0 Å². The number of carboxylic acids is 1. The molecule has 0 bridgehead atoms. The van der Waals surface area contributed by atoms with Gasteiger partial charge < -0.3 is 15.3 Å². The minimum atomic E-state index is -4.47. The molecule has 2 rings (SSSR count). The quantitative estimate of drug-likeness (QED) is 0.853. The number of aliphatic carboxylic acids is 1. The Morgan fingerprint density at radius 1 is 1.32 bits per heavy atom. The smallest absolute Gasteiger partial charge is 0.416 e. The third-order valence-electron chi connectivity index (χ3n) is 4.58. The number of likely N-dealkylation sites (tertiary alicyclic amines) is 1. The first-order valence-electron chi connectivity index (χ1n) is 8.15. The zero-order chi connectivity index (χ0) is 18.6. The molecule has 0 saturated carbocycles. The molecule has 1 heterocycles. The number of rotatable bonds is 4. The predicted octanol–water partition coefficient (Wildman–Crippen LogP) is 4.06. The van der Waals surface area contributed by atoms with Gasteiger partial charge >= 0.3 is 18.2 Å². The molecule has 0 radical (unpaired) electrons. The Balaban J connectivity index is 2.01.